The number of hydrogen-bond acceptors (Lipinski definition) is 3. The van der Waals surface area contributed by atoms with Gasteiger partial charge in [-0.3, -0.25) is 4.79 Å². The number of aliphatic hydroxyl groups is 1. The van der Waals surface area contributed by atoms with Crippen LogP contribution in [0.25, 0.3) is 0 Å². The smallest absolute Gasteiger partial charge is 0.150 e. The van der Waals surface area contributed by atoms with Crippen LogP contribution in [-0.2, 0) is 19.6 Å². The predicted molar refractivity (Wildman–Crippen MR) is 53.2 cm³/mol. The number of fused-ring (bicyclic) bond motifs is 1. The Kier molecular flexibility index (Phi) is 2.61. The van der Waals surface area contributed by atoms with Crippen molar-refractivity contribution in [1.29, 1.82) is 0 Å². The topological polar surface area (TPSA) is 49.3 Å². The van der Waals surface area contributed by atoms with E-state index >= 15 is 0 Å². The molecule has 1 aromatic carbocycles. The van der Waals surface area contributed by atoms with E-state index in [1.165, 1.54) is 5.56 Å². The van der Waals surface area contributed by atoms with Crippen LogP contribution >= 0.6 is 0 Å². The molecule has 0 unspecified atom stereocenters. The third-order valence-corrected chi connectivity index (χ3v) is 2.71. The molecule has 1 aromatic rings. The maximum Gasteiger partial charge on any atom is 0.150 e. The van der Waals surface area contributed by atoms with E-state index < -0.39 is 0 Å². The lowest BCUT2D eigenvalue weighted by Gasteiger charge is -2.20. The van der Waals surface area contributed by atoms with Crippen LogP contribution in [0.4, 0.5) is 0 Å². The second-order valence-corrected chi connectivity index (χ2v) is 3.48. The molecule has 0 spiro atoms. The third-order valence-electron chi connectivity index (χ3n) is 2.71. The Bertz CT molecular complexity index is 361. The summed E-state index contributed by atoms with van der Waals surface area (Å²) in [5, 5.41) is 12.3. The quantitative estimate of drug-likeness (QED) is 0.674. The molecule has 0 atom stereocenters. The number of aldehydes is 1. The molecule has 0 aromatic heterocycles. The maximum absolute atomic E-state index is 10.9. The van der Waals surface area contributed by atoms with Gasteiger partial charge in [0.1, 0.15) is 0 Å². The highest BCUT2D eigenvalue weighted by Crippen LogP contribution is 2.20. The van der Waals surface area contributed by atoms with Crippen LogP contribution < -0.4 is 5.32 Å². The van der Waals surface area contributed by atoms with Gasteiger partial charge in [-0.2, -0.15) is 0 Å². The fourth-order valence-corrected chi connectivity index (χ4v) is 1.92. The zero-order valence-corrected chi connectivity index (χ0v) is 7.92. The van der Waals surface area contributed by atoms with Gasteiger partial charge in [-0.15, -0.1) is 0 Å². The number of hydrogen-bond donors (Lipinski definition) is 2. The molecule has 0 bridgehead atoms. The van der Waals surface area contributed by atoms with Crippen molar-refractivity contribution in [2.45, 2.75) is 19.6 Å². The lowest BCUT2D eigenvalue weighted by molar-refractivity contribution is 0.111. The van der Waals surface area contributed by atoms with Gasteiger partial charge in [0.25, 0.3) is 0 Å². The lowest BCUT2D eigenvalue weighted by atomic mass is 9.93. The first-order valence-electron chi connectivity index (χ1n) is 4.77. The van der Waals surface area contributed by atoms with Crippen LogP contribution in [-0.4, -0.2) is 17.9 Å². The molecule has 1 heterocycles. The Balaban J connectivity index is 2.55. The lowest BCUT2D eigenvalue weighted by Crippen LogP contribution is -2.25. The molecule has 0 saturated heterocycles. The fraction of sp³-hybridized carbons (Fsp3) is 0.364. The van der Waals surface area contributed by atoms with Crippen LogP contribution in [0, 0.1) is 0 Å². The molecule has 2 N–H and O–H groups in total. The first kappa shape index (κ1) is 9.37. The van der Waals surface area contributed by atoms with E-state index in [4.69, 9.17) is 5.11 Å². The summed E-state index contributed by atoms with van der Waals surface area (Å²) in [7, 11) is 0. The minimum absolute atomic E-state index is 0.0681. The Morgan fingerprint density at radius 3 is 3.07 bits per heavy atom. The SMILES string of the molecule is O=Cc1c(CO)ccc2c1CNCC2. The molecule has 3 heteroatoms. The summed E-state index contributed by atoms with van der Waals surface area (Å²) in [6.45, 7) is 1.63. The highest BCUT2D eigenvalue weighted by Gasteiger charge is 2.14. The Hall–Kier alpha value is -1.19. The van der Waals surface area contributed by atoms with Crippen LogP contribution in [0.1, 0.15) is 27.0 Å². The Morgan fingerprint density at radius 1 is 1.50 bits per heavy atom. The molecule has 0 amide bonds. The average molecular weight is 191 g/mol. The van der Waals surface area contributed by atoms with Crippen molar-refractivity contribution in [2.24, 2.45) is 0 Å². The minimum Gasteiger partial charge on any atom is -0.392 e. The Morgan fingerprint density at radius 2 is 2.36 bits per heavy atom. The second kappa shape index (κ2) is 3.90. The van der Waals surface area contributed by atoms with Gasteiger partial charge < -0.3 is 10.4 Å². The van der Waals surface area contributed by atoms with Gasteiger partial charge >= 0.3 is 0 Å². The monoisotopic (exact) mass is 191 g/mol. The number of benzene rings is 1. The van der Waals surface area contributed by atoms with Crippen molar-refractivity contribution in [3.8, 4) is 0 Å². The van der Waals surface area contributed by atoms with Gasteiger partial charge in [-0.05, 0) is 29.7 Å². The summed E-state index contributed by atoms with van der Waals surface area (Å²) in [5.74, 6) is 0. The summed E-state index contributed by atoms with van der Waals surface area (Å²) in [6.07, 6.45) is 1.80. The molecule has 1 aliphatic heterocycles. The van der Waals surface area contributed by atoms with Gasteiger partial charge in [-0.25, -0.2) is 0 Å². The van der Waals surface area contributed by atoms with Gasteiger partial charge in [0, 0.05) is 12.1 Å². The summed E-state index contributed by atoms with van der Waals surface area (Å²) in [6, 6.07) is 3.85. The van der Waals surface area contributed by atoms with E-state index in [9.17, 15) is 4.79 Å². The second-order valence-electron chi connectivity index (χ2n) is 3.48. The number of rotatable bonds is 2. The van der Waals surface area contributed by atoms with Gasteiger partial charge in [0.05, 0.1) is 6.61 Å². The molecule has 14 heavy (non-hydrogen) atoms. The van der Waals surface area contributed by atoms with Crippen LogP contribution in [0.3, 0.4) is 0 Å². The summed E-state index contributed by atoms with van der Waals surface area (Å²) in [5.41, 5.74) is 3.67. The summed E-state index contributed by atoms with van der Waals surface area (Å²) in [4.78, 5) is 10.9. The van der Waals surface area contributed by atoms with Gasteiger partial charge in [0.15, 0.2) is 6.29 Å². The summed E-state index contributed by atoms with van der Waals surface area (Å²) >= 11 is 0. The van der Waals surface area contributed by atoms with Crippen LogP contribution in [0.15, 0.2) is 12.1 Å². The van der Waals surface area contributed by atoms with Crippen molar-refractivity contribution < 1.29 is 9.90 Å². The van der Waals surface area contributed by atoms with Crippen molar-refractivity contribution in [2.75, 3.05) is 6.54 Å². The highest BCUT2D eigenvalue weighted by atomic mass is 16.3. The number of aliphatic hydroxyl groups excluding tert-OH is 1. The standard InChI is InChI=1S/C11H13NO2/c13-6-9-2-1-8-3-4-12-5-10(8)11(9)7-14/h1-2,7,12-13H,3-6H2. The molecule has 3 nitrogen and oxygen atoms in total. The normalized spacial score (nSPS) is 14.9. The van der Waals surface area contributed by atoms with E-state index in [1.807, 2.05) is 12.1 Å². The Labute approximate surface area is 82.8 Å². The van der Waals surface area contributed by atoms with Crippen molar-refractivity contribution in [3.63, 3.8) is 0 Å². The van der Waals surface area contributed by atoms with Crippen molar-refractivity contribution >= 4 is 6.29 Å². The zero-order valence-electron chi connectivity index (χ0n) is 7.92. The van der Waals surface area contributed by atoms with Gasteiger partial charge in [-0.1, -0.05) is 12.1 Å². The summed E-state index contributed by atoms with van der Waals surface area (Å²) < 4.78 is 0. The van der Waals surface area contributed by atoms with E-state index in [0.29, 0.717) is 5.56 Å². The molecule has 1 aliphatic rings. The van der Waals surface area contributed by atoms with Crippen LogP contribution in [0.5, 0.6) is 0 Å². The highest BCUT2D eigenvalue weighted by molar-refractivity contribution is 5.80. The van der Waals surface area contributed by atoms with Gasteiger partial charge in [0.2, 0.25) is 0 Å². The first-order chi connectivity index (χ1) is 6.86. The maximum atomic E-state index is 10.9. The van der Waals surface area contributed by atoms with E-state index in [2.05, 4.69) is 5.32 Å². The van der Waals surface area contributed by atoms with Crippen molar-refractivity contribution in [1.82, 2.24) is 5.32 Å². The molecule has 2 rings (SSSR count). The molecule has 0 aliphatic carbocycles. The minimum atomic E-state index is -0.0681. The number of carbonyl (C=O) groups excluding carboxylic acids is 1. The molecule has 74 valence electrons. The molecule has 0 radical (unpaired) electrons. The molecule has 0 saturated carbocycles. The average Bonchev–Trinajstić information content (AvgIpc) is 2.27. The number of carbonyl (C=O) groups is 1. The predicted octanol–water partition coefficient (Wildman–Crippen LogP) is 0.637. The van der Waals surface area contributed by atoms with E-state index in [-0.39, 0.29) is 6.61 Å². The number of nitrogens with one attached hydrogen (secondary N) is 1. The van der Waals surface area contributed by atoms with Crippen molar-refractivity contribution in [3.05, 3.63) is 34.4 Å². The molecular weight excluding hydrogens is 178 g/mol. The molecule has 0 fully saturated rings. The third kappa shape index (κ3) is 1.45. The van der Waals surface area contributed by atoms with Crippen LogP contribution in [0.2, 0.25) is 0 Å². The largest absolute Gasteiger partial charge is 0.392 e. The fourth-order valence-electron chi connectivity index (χ4n) is 1.92. The first-order valence-corrected chi connectivity index (χ1v) is 4.77. The zero-order chi connectivity index (χ0) is 9.97. The van der Waals surface area contributed by atoms with E-state index in [0.717, 1.165) is 36.9 Å². The van der Waals surface area contributed by atoms with E-state index in [1.54, 1.807) is 0 Å². The molecular formula is C11H13NO2.